The lowest BCUT2D eigenvalue weighted by molar-refractivity contribution is 0.406. The number of rotatable bonds is 5. The largest absolute Gasteiger partial charge is 0.598 e. The lowest BCUT2D eigenvalue weighted by atomic mass is 9.99. The Balaban J connectivity index is 2.42. The molecule has 0 aromatic heterocycles. The Morgan fingerprint density at radius 1 is 1.00 bits per heavy atom. The topological polar surface area (TPSA) is 44.3 Å². The first kappa shape index (κ1) is 16.9. The number of para-hydroxylation sites is 1. The molecule has 0 bridgehead atoms. The molecule has 1 N–H and O–H groups in total. The van der Waals surface area contributed by atoms with Crippen molar-refractivity contribution in [1.82, 2.24) is 4.72 Å². The molecule has 2 rings (SSSR count). The van der Waals surface area contributed by atoms with Crippen molar-refractivity contribution in [3.05, 3.63) is 65.7 Å². The molecule has 0 aliphatic heterocycles. The average molecular weight is 317 g/mol. The molecular weight excluding hydrogens is 294 g/mol. The van der Waals surface area contributed by atoms with Crippen LogP contribution in [0.5, 0.6) is 5.75 Å². The lowest BCUT2D eigenvalue weighted by Gasteiger charge is -2.29. The maximum Gasteiger partial charge on any atom is 0.136 e. The first-order valence-corrected chi connectivity index (χ1v) is 8.44. The third kappa shape index (κ3) is 4.03. The van der Waals surface area contributed by atoms with Crippen LogP contribution in [0.3, 0.4) is 0 Å². The molecule has 3 nitrogen and oxygen atoms in total. The third-order valence-electron chi connectivity index (χ3n) is 3.36. The summed E-state index contributed by atoms with van der Waals surface area (Å²) in [4.78, 5) is 0. The molecule has 22 heavy (non-hydrogen) atoms. The van der Waals surface area contributed by atoms with Gasteiger partial charge in [-0.15, -0.1) is 4.72 Å². The van der Waals surface area contributed by atoms with Gasteiger partial charge in [-0.2, -0.15) is 0 Å². The van der Waals surface area contributed by atoms with Crippen molar-refractivity contribution in [1.29, 1.82) is 0 Å². The number of methoxy groups -OCH3 is 1. The summed E-state index contributed by atoms with van der Waals surface area (Å²) < 4.78 is 21.0. The molecule has 0 aliphatic rings. The fourth-order valence-corrected chi connectivity index (χ4v) is 2.98. The van der Waals surface area contributed by atoms with Gasteiger partial charge in [-0.3, -0.25) is 0 Å². The van der Waals surface area contributed by atoms with Gasteiger partial charge in [0.25, 0.3) is 0 Å². The maximum atomic E-state index is 12.6. The molecule has 0 amide bonds. The van der Waals surface area contributed by atoms with E-state index in [1.165, 1.54) is 0 Å². The van der Waals surface area contributed by atoms with Crippen LogP contribution in [0, 0.1) is 0 Å². The Bertz CT molecular complexity index is 596. The van der Waals surface area contributed by atoms with Crippen LogP contribution in [0.1, 0.15) is 37.9 Å². The van der Waals surface area contributed by atoms with Gasteiger partial charge >= 0.3 is 0 Å². The van der Waals surface area contributed by atoms with Crippen LogP contribution in [0.25, 0.3) is 0 Å². The molecule has 0 fully saturated rings. The molecule has 2 aromatic carbocycles. The van der Waals surface area contributed by atoms with E-state index < -0.39 is 11.4 Å². The number of hydrogen-bond acceptors (Lipinski definition) is 3. The molecule has 4 heteroatoms. The molecule has 2 atom stereocenters. The Morgan fingerprint density at radius 3 is 2.18 bits per heavy atom. The van der Waals surface area contributed by atoms with Crippen molar-refractivity contribution in [2.24, 2.45) is 0 Å². The van der Waals surface area contributed by atoms with E-state index in [1.54, 1.807) is 7.11 Å². The fraction of sp³-hybridized carbons (Fsp3) is 0.333. The maximum absolute atomic E-state index is 12.6. The van der Waals surface area contributed by atoms with E-state index in [9.17, 15) is 4.55 Å². The zero-order valence-electron chi connectivity index (χ0n) is 13.5. The van der Waals surface area contributed by atoms with E-state index in [1.807, 2.05) is 75.4 Å². The second-order valence-electron chi connectivity index (χ2n) is 6.08. The quantitative estimate of drug-likeness (QED) is 0.852. The Morgan fingerprint density at radius 2 is 1.59 bits per heavy atom. The minimum Gasteiger partial charge on any atom is -0.598 e. The summed E-state index contributed by atoms with van der Waals surface area (Å²) >= 11 is -1.18. The molecule has 0 saturated carbocycles. The minimum atomic E-state index is -1.18. The molecule has 0 unspecified atom stereocenters. The van der Waals surface area contributed by atoms with Crippen LogP contribution < -0.4 is 9.46 Å². The summed E-state index contributed by atoms with van der Waals surface area (Å²) in [6, 6.07) is 17.7. The van der Waals surface area contributed by atoms with Crippen molar-refractivity contribution >= 4 is 11.4 Å². The van der Waals surface area contributed by atoms with Gasteiger partial charge in [-0.25, -0.2) is 0 Å². The van der Waals surface area contributed by atoms with Gasteiger partial charge < -0.3 is 9.29 Å². The highest BCUT2D eigenvalue weighted by Crippen LogP contribution is 2.31. The van der Waals surface area contributed by atoms with E-state index >= 15 is 0 Å². The fourth-order valence-electron chi connectivity index (χ4n) is 2.15. The summed E-state index contributed by atoms with van der Waals surface area (Å²) in [5.41, 5.74) is 2.04. The molecule has 0 heterocycles. The van der Waals surface area contributed by atoms with Gasteiger partial charge in [0.1, 0.15) is 16.5 Å². The van der Waals surface area contributed by atoms with Crippen LogP contribution in [0.4, 0.5) is 0 Å². The molecule has 2 aromatic rings. The monoisotopic (exact) mass is 317 g/mol. The van der Waals surface area contributed by atoms with Gasteiger partial charge in [0.2, 0.25) is 0 Å². The highest BCUT2D eigenvalue weighted by Gasteiger charge is 2.31. The van der Waals surface area contributed by atoms with Crippen molar-refractivity contribution in [3.63, 3.8) is 0 Å². The molecule has 0 spiro atoms. The lowest BCUT2D eigenvalue weighted by Crippen LogP contribution is -2.41. The first-order chi connectivity index (χ1) is 10.4. The van der Waals surface area contributed by atoms with Gasteiger partial charge in [0, 0.05) is 16.9 Å². The van der Waals surface area contributed by atoms with Crippen molar-refractivity contribution in [2.75, 3.05) is 7.11 Å². The van der Waals surface area contributed by atoms with Crippen molar-refractivity contribution in [3.8, 4) is 5.75 Å². The summed E-state index contributed by atoms with van der Waals surface area (Å²) in [5, 5.41) is 0. The first-order valence-electron chi connectivity index (χ1n) is 7.29. The van der Waals surface area contributed by atoms with Gasteiger partial charge in [0.15, 0.2) is 0 Å². The normalized spacial score (nSPS) is 14.4. The van der Waals surface area contributed by atoms with E-state index in [0.717, 1.165) is 16.9 Å². The summed E-state index contributed by atoms with van der Waals surface area (Å²) in [5.74, 6) is 0.787. The summed E-state index contributed by atoms with van der Waals surface area (Å²) in [6.07, 6.45) is 0. The van der Waals surface area contributed by atoms with Crippen LogP contribution in [0.15, 0.2) is 54.6 Å². The predicted octanol–water partition coefficient (Wildman–Crippen LogP) is 3.84. The van der Waals surface area contributed by atoms with Crippen LogP contribution in [0.2, 0.25) is 0 Å². The standard InChI is InChI=1S/C18H23NO2S/c1-18(2,3)22(20)19-17(14-10-6-5-7-11-14)15-12-8-9-13-16(15)21-4/h5-13,17,19H,1-4H3/t17-,22+/m0/s1. The Hall–Kier alpha value is -1.49. The highest BCUT2D eigenvalue weighted by molar-refractivity contribution is 7.90. The number of hydrogen-bond donors (Lipinski definition) is 1. The second-order valence-corrected chi connectivity index (χ2v) is 8.08. The van der Waals surface area contributed by atoms with E-state index in [-0.39, 0.29) is 10.8 Å². The Kier molecular flexibility index (Phi) is 5.51. The third-order valence-corrected chi connectivity index (χ3v) is 4.93. The van der Waals surface area contributed by atoms with Crippen LogP contribution in [-0.4, -0.2) is 16.4 Å². The molecular formula is C18H23NO2S. The molecule has 0 saturated heterocycles. The summed E-state index contributed by atoms with van der Waals surface area (Å²) in [6.45, 7) is 5.88. The number of ether oxygens (including phenoxy) is 1. The molecule has 118 valence electrons. The van der Waals surface area contributed by atoms with Crippen LogP contribution in [-0.2, 0) is 11.4 Å². The van der Waals surface area contributed by atoms with Gasteiger partial charge in [-0.05, 0) is 32.4 Å². The highest BCUT2D eigenvalue weighted by atomic mass is 32.2. The number of nitrogens with one attached hydrogen (secondary N) is 1. The zero-order valence-corrected chi connectivity index (χ0v) is 14.3. The smallest absolute Gasteiger partial charge is 0.136 e. The predicted molar refractivity (Wildman–Crippen MR) is 92.3 cm³/mol. The van der Waals surface area contributed by atoms with Crippen molar-refractivity contribution in [2.45, 2.75) is 31.6 Å². The second kappa shape index (κ2) is 7.18. The van der Waals surface area contributed by atoms with Crippen molar-refractivity contribution < 1.29 is 9.29 Å². The Labute approximate surface area is 136 Å². The van der Waals surface area contributed by atoms with Gasteiger partial charge in [-0.1, -0.05) is 48.5 Å². The van der Waals surface area contributed by atoms with Gasteiger partial charge in [0.05, 0.1) is 7.11 Å². The molecule has 0 aliphatic carbocycles. The SMILES string of the molecule is COc1ccccc1[C@@H](N[S@+]([O-])C(C)(C)C)c1ccccc1. The number of benzene rings is 2. The molecule has 0 radical (unpaired) electrons. The van der Waals surface area contributed by atoms with E-state index in [2.05, 4.69) is 4.72 Å². The average Bonchev–Trinajstić information content (AvgIpc) is 2.52. The zero-order chi connectivity index (χ0) is 16.2. The van der Waals surface area contributed by atoms with E-state index in [4.69, 9.17) is 4.74 Å². The van der Waals surface area contributed by atoms with E-state index in [0.29, 0.717) is 0 Å². The van der Waals surface area contributed by atoms with Crippen LogP contribution >= 0.6 is 0 Å². The summed E-state index contributed by atoms with van der Waals surface area (Å²) in [7, 11) is 1.65. The minimum absolute atomic E-state index is 0.183.